The standard InChI is InChI=1S/C15H15F6NO2/c1-8(9-2-3-9)22-13(23)7-24-12-5-10(14(16,17)18)4-11(6-12)15(19,20)21/h4-6,8-9H,2-3,7H2,1H3,(H,22,23). The van der Waals surface area contributed by atoms with Gasteiger partial charge in [0, 0.05) is 6.04 Å². The van der Waals surface area contributed by atoms with Gasteiger partial charge in [0.25, 0.3) is 5.91 Å². The van der Waals surface area contributed by atoms with Crippen molar-refractivity contribution in [2.75, 3.05) is 6.61 Å². The Morgan fingerprint density at radius 3 is 2.04 bits per heavy atom. The first-order valence-electron chi connectivity index (χ1n) is 7.18. The fourth-order valence-electron chi connectivity index (χ4n) is 2.17. The summed E-state index contributed by atoms with van der Waals surface area (Å²) in [5.41, 5.74) is -2.97. The lowest BCUT2D eigenvalue weighted by Crippen LogP contribution is -2.37. The van der Waals surface area contributed by atoms with Crippen LogP contribution in [0.15, 0.2) is 18.2 Å². The molecule has 134 valence electrons. The number of nitrogens with one attached hydrogen (secondary N) is 1. The van der Waals surface area contributed by atoms with Gasteiger partial charge in [0.05, 0.1) is 11.1 Å². The molecule has 1 unspecified atom stereocenters. The van der Waals surface area contributed by atoms with Gasteiger partial charge in [-0.25, -0.2) is 0 Å². The molecular weight excluding hydrogens is 340 g/mol. The highest BCUT2D eigenvalue weighted by molar-refractivity contribution is 5.77. The summed E-state index contributed by atoms with van der Waals surface area (Å²) in [5, 5.41) is 2.59. The van der Waals surface area contributed by atoms with Crippen LogP contribution in [0.4, 0.5) is 26.3 Å². The quantitative estimate of drug-likeness (QED) is 0.811. The number of carbonyl (C=O) groups excluding carboxylic acids is 1. The minimum absolute atomic E-state index is 0.00208. The summed E-state index contributed by atoms with van der Waals surface area (Å²) in [6.07, 6.45) is -7.96. The maximum absolute atomic E-state index is 12.7. The van der Waals surface area contributed by atoms with Gasteiger partial charge in [0.2, 0.25) is 0 Å². The predicted molar refractivity (Wildman–Crippen MR) is 72.3 cm³/mol. The Balaban J connectivity index is 2.09. The Kier molecular flexibility index (Phi) is 5.00. The number of rotatable bonds is 5. The number of hydrogen-bond donors (Lipinski definition) is 1. The second-order valence-electron chi connectivity index (χ2n) is 5.72. The van der Waals surface area contributed by atoms with E-state index >= 15 is 0 Å². The van der Waals surface area contributed by atoms with Crippen LogP contribution in [-0.2, 0) is 17.1 Å². The number of hydrogen-bond acceptors (Lipinski definition) is 2. The Hall–Kier alpha value is -1.93. The van der Waals surface area contributed by atoms with Gasteiger partial charge in [-0.05, 0) is 43.9 Å². The average molecular weight is 355 g/mol. The predicted octanol–water partition coefficient (Wildman–Crippen LogP) is 4.02. The van der Waals surface area contributed by atoms with E-state index in [1.54, 1.807) is 6.92 Å². The molecule has 2 rings (SSSR count). The molecule has 0 spiro atoms. The molecule has 0 radical (unpaired) electrons. The van der Waals surface area contributed by atoms with Gasteiger partial charge >= 0.3 is 12.4 Å². The van der Waals surface area contributed by atoms with Gasteiger partial charge in [-0.15, -0.1) is 0 Å². The number of ether oxygens (including phenoxy) is 1. The molecule has 1 N–H and O–H groups in total. The minimum Gasteiger partial charge on any atom is -0.484 e. The molecule has 1 aliphatic carbocycles. The van der Waals surface area contributed by atoms with Crippen molar-refractivity contribution in [1.82, 2.24) is 5.32 Å². The monoisotopic (exact) mass is 355 g/mol. The van der Waals surface area contributed by atoms with E-state index in [-0.39, 0.29) is 12.1 Å². The van der Waals surface area contributed by atoms with Gasteiger partial charge in [-0.3, -0.25) is 4.79 Å². The molecule has 0 aromatic heterocycles. The van der Waals surface area contributed by atoms with E-state index in [2.05, 4.69) is 5.32 Å². The van der Waals surface area contributed by atoms with Crippen LogP contribution in [0.2, 0.25) is 0 Å². The molecule has 3 nitrogen and oxygen atoms in total. The molecule has 9 heteroatoms. The second kappa shape index (κ2) is 6.52. The molecule has 1 amide bonds. The Morgan fingerprint density at radius 2 is 1.62 bits per heavy atom. The van der Waals surface area contributed by atoms with Crippen LogP contribution in [0, 0.1) is 5.92 Å². The van der Waals surface area contributed by atoms with Crippen molar-refractivity contribution in [3.05, 3.63) is 29.3 Å². The maximum Gasteiger partial charge on any atom is 0.416 e. The number of alkyl halides is 6. The van der Waals surface area contributed by atoms with Crippen LogP contribution in [0.1, 0.15) is 30.9 Å². The van der Waals surface area contributed by atoms with Gasteiger partial charge in [-0.1, -0.05) is 0 Å². The topological polar surface area (TPSA) is 38.3 Å². The molecular formula is C15H15F6NO2. The van der Waals surface area contributed by atoms with Crippen molar-refractivity contribution >= 4 is 5.91 Å². The zero-order valence-electron chi connectivity index (χ0n) is 12.6. The van der Waals surface area contributed by atoms with Crippen molar-refractivity contribution in [2.45, 2.75) is 38.2 Å². The van der Waals surface area contributed by atoms with Crippen molar-refractivity contribution in [1.29, 1.82) is 0 Å². The maximum atomic E-state index is 12.7. The third-order valence-electron chi connectivity index (χ3n) is 3.65. The smallest absolute Gasteiger partial charge is 0.416 e. The van der Waals surface area contributed by atoms with Gasteiger partial charge < -0.3 is 10.1 Å². The van der Waals surface area contributed by atoms with Crippen molar-refractivity contribution in [3.63, 3.8) is 0 Å². The zero-order chi connectivity index (χ0) is 18.1. The third kappa shape index (κ3) is 5.04. The summed E-state index contributed by atoms with van der Waals surface area (Å²) < 4.78 is 81.0. The van der Waals surface area contributed by atoms with Crippen LogP contribution < -0.4 is 10.1 Å². The lowest BCUT2D eigenvalue weighted by molar-refractivity contribution is -0.143. The molecule has 24 heavy (non-hydrogen) atoms. The molecule has 1 aromatic rings. The van der Waals surface area contributed by atoms with E-state index in [1.807, 2.05) is 0 Å². The molecule has 0 saturated heterocycles. The van der Waals surface area contributed by atoms with E-state index in [4.69, 9.17) is 4.74 Å². The number of halogens is 6. The van der Waals surface area contributed by atoms with Crippen LogP contribution >= 0.6 is 0 Å². The Labute approximate surface area is 134 Å². The third-order valence-corrected chi connectivity index (χ3v) is 3.65. The number of benzene rings is 1. The molecule has 0 aliphatic heterocycles. The molecule has 1 aromatic carbocycles. The van der Waals surface area contributed by atoms with Crippen molar-refractivity contribution in [2.24, 2.45) is 5.92 Å². The summed E-state index contributed by atoms with van der Waals surface area (Å²) in [6.45, 7) is 1.12. The zero-order valence-corrected chi connectivity index (χ0v) is 12.6. The Morgan fingerprint density at radius 1 is 1.12 bits per heavy atom. The van der Waals surface area contributed by atoms with Crippen molar-refractivity contribution in [3.8, 4) is 5.75 Å². The highest BCUT2D eigenvalue weighted by Gasteiger charge is 2.37. The first kappa shape index (κ1) is 18.4. The lowest BCUT2D eigenvalue weighted by atomic mass is 10.1. The molecule has 1 atom stereocenters. The fraction of sp³-hybridized carbons (Fsp3) is 0.533. The van der Waals surface area contributed by atoms with Crippen LogP contribution in [0.25, 0.3) is 0 Å². The van der Waals surface area contributed by atoms with Crippen molar-refractivity contribution < 1.29 is 35.9 Å². The van der Waals surface area contributed by atoms with Crippen LogP contribution in [0.5, 0.6) is 5.75 Å². The molecule has 1 saturated carbocycles. The summed E-state index contributed by atoms with van der Waals surface area (Å²) in [5.74, 6) is -0.897. The summed E-state index contributed by atoms with van der Waals surface area (Å²) in [7, 11) is 0. The molecule has 1 fully saturated rings. The summed E-state index contributed by atoms with van der Waals surface area (Å²) in [4.78, 5) is 11.6. The van der Waals surface area contributed by atoms with Gasteiger partial charge in [0.1, 0.15) is 5.75 Å². The SMILES string of the molecule is CC(NC(=O)COc1cc(C(F)(F)F)cc(C(F)(F)F)c1)C1CC1. The highest BCUT2D eigenvalue weighted by Crippen LogP contribution is 2.38. The van der Waals surface area contributed by atoms with Crippen LogP contribution in [-0.4, -0.2) is 18.6 Å². The van der Waals surface area contributed by atoms with E-state index in [0.717, 1.165) is 12.8 Å². The Bertz CT molecular complexity index is 575. The highest BCUT2D eigenvalue weighted by atomic mass is 19.4. The normalized spacial score (nSPS) is 16.6. The van der Waals surface area contributed by atoms with E-state index in [9.17, 15) is 31.1 Å². The van der Waals surface area contributed by atoms with Gasteiger partial charge in [0.15, 0.2) is 6.61 Å². The fourth-order valence-corrected chi connectivity index (χ4v) is 2.17. The van der Waals surface area contributed by atoms with Gasteiger partial charge in [-0.2, -0.15) is 26.3 Å². The summed E-state index contributed by atoms with van der Waals surface area (Å²) in [6, 6.07) is 0.773. The van der Waals surface area contributed by atoms with E-state index in [0.29, 0.717) is 18.1 Å². The lowest BCUT2D eigenvalue weighted by Gasteiger charge is -2.16. The molecule has 0 heterocycles. The minimum atomic E-state index is -4.96. The first-order chi connectivity index (χ1) is 11.0. The summed E-state index contributed by atoms with van der Waals surface area (Å²) >= 11 is 0. The van der Waals surface area contributed by atoms with E-state index in [1.165, 1.54) is 0 Å². The van der Waals surface area contributed by atoms with Crippen LogP contribution in [0.3, 0.4) is 0 Å². The first-order valence-corrected chi connectivity index (χ1v) is 7.18. The molecule has 1 aliphatic rings. The largest absolute Gasteiger partial charge is 0.484 e. The average Bonchev–Trinajstić information content (AvgIpc) is 3.27. The number of carbonyl (C=O) groups is 1. The second-order valence-corrected chi connectivity index (χ2v) is 5.72. The molecule has 0 bridgehead atoms. The number of amides is 1. The van der Waals surface area contributed by atoms with E-state index < -0.39 is 41.7 Å².